The molecule has 2 N–H and O–H groups in total. The van der Waals surface area contributed by atoms with E-state index in [4.69, 9.17) is 0 Å². The molecule has 1 aromatic heterocycles. The summed E-state index contributed by atoms with van der Waals surface area (Å²) in [6.07, 6.45) is 2.39. The Labute approximate surface area is 123 Å². The van der Waals surface area contributed by atoms with Crippen LogP contribution >= 0.6 is 11.3 Å². The maximum atomic E-state index is 12.2. The third-order valence-electron chi connectivity index (χ3n) is 3.23. The highest BCUT2D eigenvalue weighted by atomic mass is 32.1. The lowest BCUT2D eigenvalue weighted by Crippen LogP contribution is -2.34. The summed E-state index contributed by atoms with van der Waals surface area (Å²) in [6.45, 7) is 6.13. The summed E-state index contributed by atoms with van der Waals surface area (Å²) >= 11 is 1.42. The number of amides is 1. The first-order valence-corrected chi connectivity index (χ1v) is 7.52. The minimum absolute atomic E-state index is 0.0549. The van der Waals surface area contributed by atoms with E-state index in [9.17, 15) is 4.79 Å². The molecule has 5 heteroatoms. The number of aryl methyl sites for hydroxylation is 2. The molecule has 2 aromatic rings. The maximum absolute atomic E-state index is 12.2. The summed E-state index contributed by atoms with van der Waals surface area (Å²) in [7, 11) is 0. The van der Waals surface area contributed by atoms with Crippen LogP contribution in [-0.4, -0.2) is 16.9 Å². The van der Waals surface area contributed by atoms with Crippen molar-refractivity contribution in [1.29, 1.82) is 0 Å². The van der Waals surface area contributed by atoms with Gasteiger partial charge in [0.05, 0.1) is 0 Å². The highest BCUT2D eigenvalue weighted by Gasteiger charge is 2.17. The zero-order valence-electron chi connectivity index (χ0n) is 11.9. The summed E-state index contributed by atoms with van der Waals surface area (Å²) in [5.41, 5.74) is 3.43. The van der Waals surface area contributed by atoms with Gasteiger partial charge in [0.25, 0.3) is 0 Å². The quantitative estimate of drug-likeness (QED) is 0.884. The van der Waals surface area contributed by atoms with Crippen LogP contribution in [0.3, 0.4) is 0 Å². The van der Waals surface area contributed by atoms with Gasteiger partial charge >= 0.3 is 0 Å². The second kappa shape index (κ2) is 6.52. The zero-order chi connectivity index (χ0) is 14.5. The second-order valence-corrected chi connectivity index (χ2v) is 5.63. The van der Waals surface area contributed by atoms with Crippen molar-refractivity contribution in [2.45, 2.75) is 33.2 Å². The molecule has 1 heterocycles. The van der Waals surface area contributed by atoms with Crippen LogP contribution in [0.4, 0.5) is 10.8 Å². The van der Waals surface area contributed by atoms with Gasteiger partial charge in [-0.2, -0.15) is 0 Å². The fourth-order valence-electron chi connectivity index (χ4n) is 1.86. The molecule has 0 saturated heterocycles. The van der Waals surface area contributed by atoms with Crippen LogP contribution < -0.4 is 10.6 Å². The Balaban J connectivity index is 2.04. The summed E-state index contributed by atoms with van der Waals surface area (Å²) in [5.74, 6) is -0.0549. The Bertz CT molecular complexity index is 581. The first-order valence-electron chi connectivity index (χ1n) is 6.64. The Kier molecular flexibility index (Phi) is 4.74. The third-order valence-corrected chi connectivity index (χ3v) is 3.92. The molecule has 0 spiro atoms. The molecule has 1 atom stereocenters. The van der Waals surface area contributed by atoms with Crippen LogP contribution in [-0.2, 0) is 4.79 Å². The fourth-order valence-corrected chi connectivity index (χ4v) is 2.39. The molecule has 0 aliphatic rings. The number of anilines is 2. The van der Waals surface area contributed by atoms with Gasteiger partial charge in [-0.25, -0.2) is 4.98 Å². The van der Waals surface area contributed by atoms with Crippen molar-refractivity contribution in [1.82, 2.24) is 4.98 Å². The molecule has 4 nitrogen and oxygen atoms in total. The van der Waals surface area contributed by atoms with Crippen LogP contribution in [0.1, 0.15) is 24.5 Å². The average molecular weight is 289 g/mol. The van der Waals surface area contributed by atoms with Gasteiger partial charge in [-0.3, -0.25) is 4.79 Å². The van der Waals surface area contributed by atoms with Crippen LogP contribution in [0.25, 0.3) is 0 Å². The third kappa shape index (κ3) is 3.57. The van der Waals surface area contributed by atoms with E-state index >= 15 is 0 Å². The molecule has 1 aromatic carbocycles. The number of hydrogen-bond donors (Lipinski definition) is 2. The van der Waals surface area contributed by atoms with Gasteiger partial charge in [-0.15, -0.1) is 11.3 Å². The van der Waals surface area contributed by atoms with Crippen LogP contribution in [0.5, 0.6) is 0 Å². The normalized spacial score (nSPS) is 11.9. The van der Waals surface area contributed by atoms with E-state index in [0.29, 0.717) is 11.6 Å². The number of thiazole rings is 1. The van der Waals surface area contributed by atoms with Gasteiger partial charge in [0.2, 0.25) is 5.91 Å². The highest BCUT2D eigenvalue weighted by molar-refractivity contribution is 7.13. The van der Waals surface area contributed by atoms with E-state index in [-0.39, 0.29) is 11.9 Å². The number of rotatable bonds is 5. The fraction of sp³-hybridized carbons (Fsp3) is 0.333. The molecule has 2 rings (SSSR count). The summed E-state index contributed by atoms with van der Waals surface area (Å²) in [5, 5.41) is 8.57. The first-order chi connectivity index (χ1) is 9.60. The van der Waals surface area contributed by atoms with Crippen LogP contribution in [0.2, 0.25) is 0 Å². The van der Waals surface area contributed by atoms with Gasteiger partial charge in [-0.1, -0.05) is 13.0 Å². The standard InChI is InChI=1S/C15H19N3OS/c1-4-13(14(19)18-15-16-7-8-20-15)17-12-6-5-10(2)11(3)9-12/h5-9,13,17H,4H2,1-3H3,(H,16,18,19)/t13-/m0/s1. The van der Waals surface area contributed by atoms with Crippen LogP contribution in [0.15, 0.2) is 29.8 Å². The number of carbonyl (C=O) groups excluding carboxylic acids is 1. The number of nitrogens with one attached hydrogen (secondary N) is 2. The van der Waals surface area contributed by atoms with Gasteiger partial charge in [0.15, 0.2) is 5.13 Å². The molecule has 0 radical (unpaired) electrons. The van der Waals surface area contributed by atoms with E-state index in [1.54, 1.807) is 6.20 Å². The topological polar surface area (TPSA) is 54.0 Å². The largest absolute Gasteiger partial charge is 0.374 e. The smallest absolute Gasteiger partial charge is 0.248 e. The van der Waals surface area contributed by atoms with E-state index in [1.807, 2.05) is 18.4 Å². The van der Waals surface area contributed by atoms with Crippen molar-refractivity contribution in [3.8, 4) is 0 Å². The van der Waals surface area contributed by atoms with Crippen molar-refractivity contribution >= 4 is 28.1 Å². The SMILES string of the molecule is CC[C@H](Nc1ccc(C)c(C)c1)C(=O)Nc1nccs1. The Morgan fingerprint density at radius 1 is 1.35 bits per heavy atom. The van der Waals surface area contributed by atoms with Gasteiger partial charge in [-0.05, 0) is 43.5 Å². The number of benzene rings is 1. The predicted octanol–water partition coefficient (Wildman–Crippen LogP) is 3.59. The summed E-state index contributed by atoms with van der Waals surface area (Å²) < 4.78 is 0. The van der Waals surface area contributed by atoms with Gasteiger partial charge < -0.3 is 10.6 Å². The molecule has 106 valence electrons. The lowest BCUT2D eigenvalue weighted by molar-refractivity contribution is -0.116. The first kappa shape index (κ1) is 14.5. The Morgan fingerprint density at radius 2 is 2.15 bits per heavy atom. The molecular formula is C15H19N3OS. The van der Waals surface area contributed by atoms with E-state index < -0.39 is 0 Å². The lowest BCUT2D eigenvalue weighted by atomic mass is 10.1. The molecule has 0 saturated carbocycles. The monoisotopic (exact) mass is 289 g/mol. The van der Waals surface area contributed by atoms with E-state index in [1.165, 1.54) is 22.5 Å². The average Bonchev–Trinajstić information content (AvgIpc) is 2.92. The summed E-state index contributed by atoms with van der Waals surface area (Å²) in [6, 6.07) is 5.86. The predicted molar refractivity (Wildman–Crippen MR) is 84.4 cm³/mol. The molecule has 0 aliphatic heterocycles. The maximum Gasteiger partial charge on any atom is 0.248 e. The minimum atomic E-state index is -0.263. The number of aromatic nitrogens is 1. The highest BCUT2D eigenvalue weighted by Crippen LogP contribution is 2.17. The van der Waals surface area contributed by atoms with Crippen molar-refractivity contribution in [2.24, 2.45) is 0 Å². The van der Waals surface area contributed by atoms with E-state index in [2.05, 4.69) is 41.6 Å². The molecule has 0 fully saturated rings. The lowest BCUT2D eigenvalue weighted by Gasteiger charge is -2.17. The number of hydrogen-bond acceptors (Lipinski definition) is 4. The van der Waals surface area contributed by atoms with Crippen molar-refractivity contribution in [3.05, 3.63) is 40.9 Å². The molecular weight excluding hydrogens is 270 g/mol. The molecule has 0 bridgehead atoms. The number of carbonyl (C=O) groups is 1. The molecule has 0 aliphatic carbocycles. The van der Waals surface area contributed by atoms with Gasteiger partial charge in [0, 0.05) is 17.3 Å². The van der Waals surface area contributed by atoms with Crippen molar-refractivity contribution in [3.63, 3.8) is 0 Å². The van der Waals surface area contributed by atoms with Crippen molar-refractivity contribution < 1.29 is 4.79 Å². The summed E-state index contributed by atoms with van der Waals surface area (Å²) in [4.78, 5) is 16.3. The molecule has 20 heavy (non-hydrogen) atoms. The Morgan fingerprint density at radius 3 is 2.75 bits per heavy atom. The van der Waals surface area contributed by atoms with E-state index in [0.717, 1.165) is 5.69 Å². The second-order valence-electron chi connectivity index (χ2n) is 4.73. The molecule has 0 unspecified atom stereocenters. The van der Waals surface area contributed by atoms with Crippen molar-refractivity contribution in [2.75, 3.05) is 10.6 Å². The van der Waals surface area contributed by atoms with Gasteiger partial charge in [0.1, 0.15) is 6.04 Å². The molecule has 1 amide bonds. The minimum Gasteiger partial charge on any atom is -0.374 e. The van der Waals surface area contributed by atoms with Crippen LogP contribution in [0, 0.1) is 13.8 Å². The number of nitrogens with zero attached hydrogens (tertiary/aromatic N) is 1. The zero-order valence-corrected chi connectivity index (χ0v) is 12.8. The Hall–Kier alpha value is -1.88.